The van der Waals surface area contributed by atoms with E-state index < -0.39 is 0 Å². The fourth-order valence-corrected chi connectivity index (χ4v) is 4.00. The van der Waals surface area contributed by atoms with E-state index in [1.807, 2.05) is 43.0 Å². The number of hydrogen-bond acceptors (Lipinski definition) is 5. The smallest absolute Gasteiger partial charge is 0.258 e. The Morgan fingerprint density at radius 2 is 1.97 bits per heavy atom. The van der Waals surface area contributed by atoms with Gasteiger partial charge < -0.3 is 19.5 Å². The monoisotopic (exact) mass is 438 g/mol. The molecule has 3 aromatic rings. The second kappa shape index (κ2) is 8.95. The average molecular weight is 439 g/mol. The molecule has 1 unspecified atom stereocenters. The number of nitrogens with one attached hydrogen (secondary N) is 1. The van der Waals surface area contributed by atoms with Crippen molar-refractivity contribution in [2.24, 2.45) is 0 Å². The summed E-state index contributed by atoms with van der Waals surface area (Å²) >= 11 is 5.60. The molecule has 1 N–H and O–H groups in total. The van der Waals surface area contributed by atoms with E-state index in [0.717, 1.165) is 28.0 Å². The zero-order valence-electron chi connectivity index (χ0n) is 17.6. The minimum Gasteiger partial charge on any atom is -0.383 e. The molecule has 0 fully saturated rings. The normalized spacial score (nSPS) is 16.6. The van der Waals surface area contributed by atoms with Gasteiger partial charge in [0.1, 0.15) is 5.82 Å². The summed E-state index contributed by atoms with van der Waals surface area (Å²) in [6, 6.07) is 13.9. The highest BCUT2D eigenvalue weighted by atomic mass is 32.1. The van der Waals surface area contributed by atoms with Gasteiger partial charge >= 0.3 is 0 Å². The van der Waals surface area contributed by atoms with Crippen LogP contribution in [0.3, 0.4) is 0 Å². The van der Waals surface area contributed by atoms with Crippen LogP contribution < -0.4 is 5.32 Å². The molecule has 6 nitrogen and oxygen atoms in total. The Balaban J connectivity index is 1.80. The summed E-state index contributed by atoms with van der Waals surface area (Å²) in [4.78, 5) is 6.63. The van der Waals surface area contributed by atoms with Gasteiger partial charge in [-0.05, 0) is 49.8 Å². The lowest BCUT2D eigenvalue weighted by Crippen LogP contribution is -2.47. The van der Waals surface area contributed by atoms with Crippen molar-refractivity contribution in [1.29, 1.82) is 0 Å². The van der Waals surface area contributed by atoms with Crippen LogP contribution in [0.4, 0.5) is 4.39 Å². The van der Waals surface area contributed by atoms with Gasteiger partial charge in [0, 0.05) is 24.9 Å². The minimum atomic E-state index is -0.349. The molecule has 0 radical (unpaired) electrons. The number of thiocarbonyl (C=S) groups is 1. The third kappa shape index (κ3) is 4.35. The SMILES string of the molecule is COCCN1C(=S)NC(c2ccc(F)cc2)C(c2nc(-c3cccc(C)c3)no2)=C1C. The Hall–Kier alpha value is -3.10. The quantitative estimate of drug-likeness (QED) is 0.569. The number of hydrogen-bond donors (Lipinski definition) is 1. The number of methoxy groups -OCH3 is 1. The van der Waals surface area contributed by atoms with Crippen LogP contribution in [0.1, 0.15) is 30.0 Å². The van der Waals surface area contributed by atoms with Crippen LogP contribution >= 0.6 is 12.2 Å². The van der Waals surface area contributed by atoms with E-state index in [1.54, 1.807) is 19.2 Å². The number of benzene rings is 2. The van der Waals surface area contributed by atoms with Crippen molar-refractivity contribution in [2.75, 3.05) is 20.3 Å². The summed E-state index contributed by atoms with van der Waals surface area (Å²) in [6.45, 7) is 5.06. The maximum atomic E-state index is 13.5. The molecule has 31 heavy (non-hydrogen) atoms. The first-order valence-corrected chi connectivity index (χ1v) is 10.3. The molecule has 160 valence electrons. The molecule has 4 rings (SSSR count). The number of aromatic nitrogens is 2. The Labute approximate surface area is 185 Å². The zero-order chi connectivity index (χ0) is 22.0. The minimum absolute atomic E-state index is 0.300. The summed E-state index contributed by atoms with van der Waals surface area (Å²) < 4.78 is 24.5. The summed E-state index contributed by atoms with van der Waals surface area (Å²) in [5.41, 5.74) is 4.51. The molecule has 0 bridgehead atoms. The molecule has 2 heterocycles. The molecule has 8 heteroatoms. The fourth-order valence-electron chi connectivity index (χ4n) is 3.65. The van der Waals surface area contributed by atoms with Gasteiger partial charge in [-0.1, -0.05) is 41.1 Å². The van der Waals surface area contributed by atoms with E-state index in [2.05, 4.69) is 15.5 Å². The fraction of sp³-hybridized carbons (Fsp3) is 0.261. The van der Waals surface area contributed by atoms with Crippen LogP contribution in [0.25, 0.3) is 17.0 Å². The summed E-state index contributed by atoms with van der Waals surface area (Å²) in [6.07, 6.45) is 0. The van der Waals surface area contributed by atoms with E-state index >= 15 is 0 Å². The lowest BCUT2D eigenvalue weighted by atomic mass is 9.95. The second-order valence-corrected chi connectivity index (χ2v) is 7.76. The van der Waals surface area contributed by atoms with Crippen LogP contribution in [0.15, 0.2) is 58.8 Å². The lowest BCUT2D eigenvalue weighted by molar-refractivity contribution is 0.183. The highest BCUT2D eigenvalue weighted by Crippen LogP contribution is 2.37. The van der Waals surface area contributed by atoms with Crippen LogP contribution in [-0.4, -0.2) is 40.4 Å². The van der Waals surface area contributed by atoms with E-state index in [1.165, 1.54) is 12.1 Å². The van der Waals surface area contributed by atoms with Gasteiger partial charge in [0.15, 0.2) is 5.11 Å². The number of ether oxygens (including phenoxy) is 1. The van der Waals surface area contributed by atoms with Crippen molar-refractivity contribution in [2.45, 2.75) is 19.9 Å². The van der Waals surface area contributed by atoms with Crippen LogP contribution in [0.2, 0.25) is 0 Å². The van der Waals surface area contributed by atoms with Gasteiger partial charge in [0.2, 0.25) is 5.82 Å². The predicted molar refractivity (Wildman–Crippen MR) is 121 cm³/mol. The standard InChI is InChI=1S/C23H23FN4O2S/c1-14-5-4-6-17(13-14)21-26-22(30-27-21)19-15(2)28(11-12-29-3)23(31)25-20(19)16-7-9-18(24)10-8-16/h4-10,13,20H,11-12H2,1-3H3,(H,25,31). The van der Waals surface area contributed by atoms with Gasteiger partial charge in [0.25, 0.3) is 5.89 Å². The van der Waals surface area contributed by atoms with Gasteiger partial charge in [-0.25, -0.2) is 4.39 Å². The number of halogens is 1. The van der Waals surface area contributed by atoms with E-state index in [9.17, 15) is 4.39 Å². The summed E-state index contributed by atoms with van der Waals surface area (Å²) in [5.74, 6) is 0.597. The van der Waals surface area contributed by atoms with Crippen molar-refractivity contribution in [3.8, 4) is 11.4 Å². The third-order valence-electron chi connectivity index (χ3n) is 5.25. The highest BCUT2D eigenvalue weighted by molar-refractivity contribution is 7.80. The van der Waals surface area contributed by atoms with Gasteiger partial charge in [-0.3, -0.25) is 0 Å². The lowest BCUT2D eigenvalue weighted by Gasteiger charge is -2.37. The number of rotatable bonds is 6. The van der Waals surface area contributed by atoms with Crippen LogP contribution in [-0.2, 0) is 4.74 Å². The molecule has 0 aliphatic carbocycles. The van der Waals surface area contributed by atoms with E-state index in [-0.39, 0.29) is 11.9 Å². The topological polar surface area (TPSA) is 63.4 Å². The first-order chi connectivity index (χ1) is 15.0. The molecule has 1 atom stereocenters. The molecule has 0 saturated carbocycles. The van der Waals surface area contributed by atoms with Crippen molar-refractivity contribution < 1.29 is 13.7 Å². The largest absolute Gasteiger partial charge is 0.383 e. The zero-order valence-corrected chi connectivity index (χ0v) is 18.4. The molecule has 2 aromatic carbocycles. The van der Waals surface area contributed by atoms with Gasteiger partial charge in [-0.2, -0.15) is 4.98 Å². The number of nitrogens with zero attached hydrogens (tertiary/aromatic N) is 3. The second-order valence-electron chi connectivity index (χ2n) is 7.37. The Kier molecular flexibility index (Phi) is 6.11. The van der Waals surface area contributed by atoms with Crippen molar-refractivity contribution in [3.63, 3.8) is 0 Å². The van der Waals surface area contributed by atoms with E-state index in [0.29, 0.717) is 30.0 Å². The maximum Gasteiger partial charge on any atom is 0.258 e. The average Bonchev–Trinajstić information content (AvgIpc) is 3.23. The summed E-state index contributed by atoms with van der Waals surface area (Å²) in [5, 5.41) is 8.10. The molecule has 1 aliphatic rings. The molecular weight excluding hydrogens is 415 g/mol. The Morgan fingerprint density at radius 1 is 1.19 bits per heavy atom. The summed E-state index contributed by atoms with van der Waals surface area (Å²) in [7, 11) is 1.65. The first kappa shape index (κ1) is 21.1. The van der Waals surface area contributed by atoms with Crippen molar-refractivity contribution >= 4 is 22.9 Å². The molecule has 0 spiro atoms. The maximum absolute atomic E-state index is 13.5. The number of allylic oxidation sites excluding steroid dienone is 1. The van der Waals surface area contributed by atoms with Gasteiger partial charge in [0.05, 0.1) is 18.2 Å². The highest BCUT2D eigenvalue weighted by Gasteiger charge is 2.34. The molecule has 1 aromatic heterocycles. The van der Waals surface area contributed by atoms with Crippen molar-refractivity contribution in [3.05, 3.63) is 77.1 Å². The van der Waals surface area contributed by atoms with Crippen LogP contribution in [0.5, 0.6) is 0 Å². The molecular formula is C23H23FN4O2S. The van der Waals surface area contributed by atoms with Crippen LogP contribution in [0, 0.1) is 12.7 Å². The van der Waals surface area contributed by atoms with E-state index in [4.69, 9.17) is 21.5 Å². The third-order valence-corrected chi connectivity index (χ3v) is 5.59. The van der Waals surface area contributed by atoms with Gasteiger partial charge in [-0.15, -0.1) is 0 Å². The predicted octanol–water partition coefficient (Wildman–Crippen LogP) is 4.49. The number of aryl methyl sites for hydroxylation is 1. The Bertz CT molecular complexity index is 1130. The molecule has 1 aliphatic heterocycles. The molecule has 0 saturated heterocycles. The molecule has 0 amide bonds. The first-order valence-electron chi connectivity index (χ1n) is 9.92. The Morgan fingerprint density at radius 3 is 2.68 bits per heavy atom. The van der Waals surface area contributed by atoms with Crippen molar-refractivity contribution in [1.82, 2.24) is 20.4 Å².